The second kappa shape index (κ2) is 7.62. The normalized spacial score (nSPS) is 16.1. The van der Waals surface area contributed by atoms with Crippen LogP contribution in [0.3, 0.4) is 0 Å². The van der Waals surface area contributed by atoms with E-state index in [0.717, 1.165) is 49.1 Å². The van der Waals surface area contributed by atoms with Crippen LogP contribution in [-0.2, 0) is 11.6 Å². The first-order chi connectivity index (χ1) is 12.8. The lowest BCUT2D eigenvalue weighted by atomic mass is 9.78. The van der Waals surface area contributed by atoms with Gasteiger partial charge < -0.3 is 10.1 Å². The van der Waals surface area contributed by atoms with Gasteiger partial charge in [-0.15, -0.1) is 0 Å². The van der Waals surface area contributed by atoms with E-state index in [-0.39, 0.29) is 16.9 Å². The first-order valence-electron chi connectivity index (χ1n) is 8.94. The molecule has 3 rings (SSSR count). The van der Waals surface area contributed by atoms with Crippen LogP contribution in [0.4, 0.5) is 13.2 Å². The molecule has 0 saturated heterocycles. The van der Waals surface area contributed by atoms with Crippen molar-refractivity contribution in [3.63, 3.8) is 0 Å². The SMILES string of the molecule is COc1ccc(C2(CNC(=O)c3ccc(C(F)(F)F)cc3)CCCC2)cc1. The number of alkyl halides is 3. The monoisotopic (exact) mass is 377 g/mol. The maximum absolute atomic E-state index is 12.7. The average Bonchev–Trinajstić information content (AvgIpc) is 3.16. The van der Waals surface area contributed by atoms with Gasteiger partial charge in [0.15, 0.2) is 0 Å². The molecule has 0 spiro atoms. The molecule has 144 valence electrons. The van der Waals surface area contributed by atoms with E-state index in [2.05, 4.69) is 5.32 Å². The molecule has 0 unspecified atom stereocenters. The molecule has 0 bridgehead atoms. The molecule has 0 radical (unpaired) electrons. The topological polar surface area (TPSA) is 38.3 Å². The molecule has 0 aromatic heterocycles. The predicted octanol–water partition coefficient (Wildman–Crippen LogP) is 4.96. The Morgan fingerprint density at radius 2 is 1.63 bits per heavy atom. The van der Waals surface area contributed by atoms with Crippen LogP contribution < -0.4 is 10.1 Å². The summed E-state index contributed by atoms with van der Waals surface area (Å²) in [6, 6.07) is 12.2. The van der Waals surface area contributed by atoms with E-state index in [9.17, 15) is 18.0 Å². The minimum atomic E-state index is -4.41. The van der Waals surface area contributed by atoms with Crippen LogP contribution in [0.25, 0.3) is 0 Å². The van der Waals surface area contributed by atoms with Gasteiger partial charge >= 0.3 is 6.18 Å². The van der Waals surface area contributed by atoms with Gasteiger partial charge in [-0.1, -0.05) is 25.0 Å². The maximum Gasteiger partial charge on any atom is 0.416 e. The summed E-state index contributed by atoms with van der Waals surface area (Å²) in [6.45, 7) is 0.458. The van der Waals surface area contributed by atoms with Gasteiger partial charge in [0.25, 0.3) is 5.91 Å². The van der Waals surface area contributed by atoms with Gasteiger partial charge in [-0.25, -0.2) is 0 Å². The third kappa shape index (κ3) is 4.26. The summed E-state index contributed by atoms with van der Waals surface area (Å²) in [6.07, 6.45) is -0.305. The Kier molecular flexibility index (Phi) is 5.44. The molecule has 0 heterocycles. The fourth-order valence-corrected chi connectivity index (χ4v) is 3.73. The van der Waals surface area contributed by atoms with Crippen molar-refractivity contribution in [1.82, 2.24) is 5.32 Å². The van der Waals surface area contributed by atoms with Gasteiger partial charge in [0.1, 0.15) is 5.75 Å². The van der Waals surface area contributed by atoms with Crippen molar-refractivity contribution in [3.05, 3.63) is 65.2 Å². The fraction of sp³-hybridized carbons (Fsp3) is 0.381. The molecular formula is C21H22F3NO2. The molecule has 1 amide bonds. The number of benzene rings is 2. The first-order valence-corrected chi connectivity index (χ1v) is 8.94. The summed E-state index contributed by atoms with van der Waals surface area (Å²) in [5.41, 5.74) is 0.470. The Bertz CT molecular complexity index is 777. The van der Waals surface area contributed by atoms with Crippen LogP contribution >= 0.6 is 0 Å². The number of carbonyl (C=O) groups is 1. The minimum Gasteiger partial charge on any atom is -0.497 e. The minimum absolute atomic E-state index is 0.145. The second-order valence-corrected chi connectivity index (χ2v) is 6.97. The third-order valence-electron chi connectivity index (χ3n) is 5.32. The summed E-state index contributed by atoms with van der Waals surface area (Å²) in [7, 11) is 1.62. The zero-order valence-corrected chi connectivity index (χ0v) is 15.1. The van der Waals surface area contributed by atoms with Crippen molar-refractivity contribution < 1.29 is 22.7 Å². The number of amides is 1. The molecule has 0 atom stereocenters. The van der Waals surface area contributed by atoms with Crippen molar-refractivity contribution in [3.8, 4) is 5.75 Å². The van der Waals surface area contributed by atoms with Gasteiger partial charge in [0.05, 0.1) is 12.7 Å². The molecular weight excluding hydrogens is 355 g/mol. The van der Waals surface area contributed by atoms with Gasteiger partial charge in [-0.05, 0) is 54.8 Å². The van der Waals surface area contributed by atoms with Crippen molar-refractivity contribution >= 4 is 5.91 Å². The summed E-state index contributed by atoms with van der Waals surface area (Å²) in [5, 5.41) is 2.92. The number of rotatable bonds is 5. The van der Waals surface area contributed by atoms with Crippen LogP contribution in [0.2, 0.25) is 0 Å². The van der Waals surface area contributed by atoms with E-state index >= 15 is 0 Å². The lowest BCUT2D eigenvalue weighted by Gasteiger charge is -2.30. The Balaban J connectivity index is 1.71. The van der Waals surface area contributed by atoms with Crippen molar-refractivity contribution in [1.29, 1.82) is 0 Å². The number of halogens is 3. The molecule has 1 aliphatic carbocycles. The van der Waals surface area contributed by atoms with Crippen molar-refractivity contribution in [2.24, 2.45) is 0 Å². The molecule has 27 heavy (non-hydrogen) atoms. The molecule has 1 saturated carbocycles. The van der Waals surface area contributed by atoms with Crippen LogP contribution in [0.15, 0.2) is 48.5 Å². The molecule has 0 aliphatic heterocycles. The van der Waals surface area contributed by atoms with Crippen LogP contribution in [0.1, 0.15) is 47.2 Å². The molecule has 1 fully saturated rings. The number of carbonyl (C=O) groups excluding carboxylic acids is 1. The number of hydrogen-bond donors (Lipinski definition) is 1. The highest BCUT2D eigenvalue weighted by molar-refractivity contribution is 5.94. The van der Waals surface area contributed by atoms with Gasteiger partial charge in [0, 0.05) is 17.5 Å². The Morgan fingerprint density at radius 3 is 2.15 bits per heavy atom. The van der Waals surface area contributed by atoms with Gasteiger partial charge in [0.2, 0.25) is 0 Å². The lowest BCUT2D eigenvalue weighted by Crippen LogP contribution is -2.39. The summed E-state index contributed by atoms with van der Waals surface area (Å²) in [5.74, 6) is 0.421. The maximum atomic E-state index is 12.7. The van der Waals surface area contributed by atoms with E-state index in [1.54, 1.807) is 7.11 Å². The molecule has 2 aromatic rings. The van der Waals surface area contributed by atoms with E-state index < -0.39 is 11.7 Å². The average molecular weight is 377 g/mol. The van der Waals surface area contributed by atoms with Crippen molar-refractivity contribution in [2.45, 2.75) is 37.3 Å². The van der Waals surface area contributed by atoms with Crippen LogP contribution in [0.5, 0.6) is 5.75 Å². The first kappa shape index (κ1) is 19.3. The Labute approximate surface area is 156 Å². The highest BCUT2D eigenvalue weighted by Crippen LogP contribution is 2.41. The van der Waals surface area contributed by atoms with Gasteiger partial charge in [-0.3, -0.25) is 4.79 Å². The summed E-state index contributed by atoms with van der Waals surface area (Å²) >= 11 is 0. The quantitative estimate of drug-likeness (QED) is 0.800. The standard InChI is InChI=1S/C21H22F3NO2/c1-27-18-10-8-16(9-11-18)20(12-2-3-13-20)14-25-19(26)15-4-6-17(7-5-15)21(22,23)24/h4-11H,2-3,12-14H2,1H3,(H,25,26). The Morgan fingerprint density at radius 1 is 1.04 bits per heavy atom. The number of methoxy groups -OCH3 is 1. The number of nitrogens with one attached hydrogen (secondary N) is 1. The molecule has 2 aromatic carbocycles. The molecule has 1 aliphatic rings. The predicted molar refractivity (Wildman–Crippen MR) is 96.9 cm³/mol. The smallest absolute Gasteiger partial charge is 0.416 e. The third-order valence-corrected chi connectivity index (χ3v) is 5.32. The van der Waals surface area contributed by atoms with Crippen LogP contribution in [0, 0.1) is 0 Å². The van der Waals surface area contributed by atoms with E-state index in [4.69, 9.17) is 4.74 Å². The zero-order valence-electron chi connectivity index (χ0n) is 15.1. The number of hydrogen-bond acceptors (Lipinski definition) is 2. The largest absolute Gasteiger partial charge is 0.497 e. The molecule has 1 N–H and O–H groups in total. The second-order valence-electron chi connectivity index (χ2n) is 6.97. The lowest BCUT2D eigenvalue weighted by molar-refractivity contribution is -0.137. The molecule has 6 heteroatoms. The van der Waals surface area contributed by atoms with Crippen molar-refractivity contribution in [2.75, 3.05) is 13.7 Å². The fourth-order valence-electron chi connectivity index (χ4n) is 3.73. The van der Waals surface area contributed by atoms with E-state index in [1.807, 2.05) is 24.3 Å². The highest BCUT2D eigenvalue weighted by atomic mass is 19.4. The number of ether oxygens (including phenoxy) is 1. The molecule has 3 nitrogen and oxygen atoms in total. The van der Waals surface area contributed by atoms with Gasteiger partial charge in [-0.2, -0.15) is 13.2 Å². The van der Waals surface area contributed by atoms with Crippen LogP contribution in [-0.4, -0.2) is 19.6 Å². The zero-order chi connectivity index (χ0) is 19.5. The van der Waals surface area contributed by atoms with E-state index in [1.165, 1.54) is 12.1 Å². The summed E-state index contributed by atoms with van der Waals surface area (Å²) < 4.78 is 43.2. The highest BCUT2D eigenvalue weighted by Gasteiger charge is 2.36. The summed E-state index contributed by atoms with van der Waals surface area (Å²) in [4.78, 5) is 12.4. The Hall–Kier alpha value is -2.50. The van der Waals surface area contributed by atoms with E-state index in [0.29, 0.717) is 6.54 Å².